The molecule has 2 atom stereocenters. The lowest BCUT2D eigenvalue weighted by atomic mass is 9.84. The number of carboxylic acids is 1. The average molecular weight is 250 g/mol. The van der Waals surface area contributed by atoms with E-state index in [0.717, 1.165) is 0 Å². The highest BCUT2D eigenvalue weighted by atomic mass is 19.4. The number of likely N-dealkylation sites (N-methyl/N-ethyl adjacent to an activating group) is 1. The lowest BCUT2D eigenvalue weighted by molar-refractivity contribution is -0.177. The molecule has 2 aliphatic rings. The van der Waals surface area contributed by atoms with E-state index in [1.807, 2.05) is 0 Å². The van der Waals surface area contributed by atoms with Crippen molar-refractivity contribution in [1.29, 1.82) is 0 Å². The molecular weight excluding hydrogens is 237 g/mol. The van der Waals surface area contributed by atoms with Gasteiger partial charge in [-0.1, -0.05) is 0 Å². The number of nitrogens with one attached hydrogen (secondary N) is 1. The lowest BCUT2D eigenvalue weighted by Gasteiger charge is -2.26. The number of aliphatic carboxylic acids is 1. The zero-order valence-electron chi connectivity index (χ0n) is 9.21. The number of rotatable bonds is 1. The minimum Gasteiger partial charge on any atom is -0.480 e. The molecule has 2 N–H and O–H groups in total. The van der Waals surface area contributed by atoms with Gasteiger partial charge in [-0.05, 0) is 24.8 Å². The first-order valence-electron chi connectivity index (χ1n) is 5.31. The SMILES string of the molecule is CN1NC2=C(CC(C(F)(F)F)CC2)C1C(=O)O. The largest absolute Gasteiger partial charge is 0.480 e. The summed E-state index contributed by atoms with van der Waals surface area (Å²) in [5, 5.41) is 10.4. The molecule has 0 aromatic carbocycles. The van der Waals surface area contributed by atoms with E-state index in [-0.39, 0.29) is 19.3 Å². The van der Waals surface area contributed by atoms with Crippen LogP contribution in [0.3, 0.4) is 0 Å². The highest BCUT2D eigenvalue weighted by Crippen LogP contribution is 2.42. The van der Waals surface area contributed by atoms with Gasteiger partial charge in [0.15, 0.2) is 0 Å². The number of hydrogen-bond donors (Lipinski definition) is 2. The summed E-state index contributed by atoms with van der Waals surface area (Å²) in [7, 11) is 1.53. The van der Waals surface area contributed by atoms with Crippen molar-refractivity contribution < 1.29 is 23.1 Å². The van der Waals surface area contributed by atoms with E-state index >= 15 is 0 Å². The Hall–Kier alpha value is -1.24. The summed E-state index contributed by atoms with van der Waals surface area (Å²) in [6.07, 6.45) is -4.18. The first-order chi connectivity index (χ1) is 7.80. The van der Waals surface area contributed by atoms with Crippen LogP contribution in [0.4, 0.5) is 13.2 Å². The van der Waals surface area contributed by atoms with Gasteiger partial charge in [-0.25, -0.2) is 5.01 Å². The van der Waals surface area contributed by atoms with E-state index in [1.165, 1.54) is 12.1 Å². The molecule has 1 heterocycles. The minimum absolute atomic E-state index is 0.0233. The number of hydrogen-bond acceptors (Lipinski definition) is 3. The molecule has 0 saturated carbocycles. The Morgan fingerprint density at radius 2 is 2.18 bits per heavy atom. The normalized spacial score (nSPS) is 30.1. The van der Waals surface area contributed by atoms with Gasteiger partial charge < -0.3 is 10.5 Å². The van der Waals surface area contributed by atoms with Crippen molar-refractivity contribution in [3.63, 3.8) is 0 Å². The summed E-state index contributed by atoms with van der Waals surface area (Å²) < 4.78 is 37.9. The van der Waals surface area contributed by atoms with Crippen LogP contribution in [0.1, 0.15) is 19.3 Å². The van der Waals surface area contributed by atoms with E-state index in [4.69, 9.17) is 5.11 Å². The van der Waals surface area contributed by atoms with Crippen molar-refractivity contribution in [2.24, 2.45) is 5.92 Å². The molecule has 0 fully saturated rings. The summed E-state index contributed by atoms with van der Waals surface area (Å²) in [5.74, 6) is -2.54. The van der Waals surface area contributed by atoms with Crippen molar-refractivity contribution >= 4 is 5.97 Å². The molecule has 0 saturated heterocycles. The number of carboxylic acid groups (broad SMARTS) is 1. The maximum absolute atomic E-state index is 12.6. The molecule has 0 aromatic heterocycles. The fourth-order valence-electron chi connectivity index (χ4n) is 2.48. The van der Waals surface area contributed by atoms with Crippen LogP contribution >= 0.6 is 0 Å². The first-order valence-corrected chi connectivity index (χ1v) is 5.31. The first kappa shape index (κ1) is 12.2. The van der Waals surface area contributed by atoms with E-state index in [9.17, 15) is 18.0 Å². The molecule has 1 aliphatic carbocycles. The van der Waals surface area contributed by atoms with Crippen LogP contribution in [-0.2, 0) is 4.79 Å². The van der Waals surface area contributed by atoms with Crippen LogP contribution in [0, 0.1) is 5.92 Å². The van der Waals surface area contributed by atoms with Crippen molar-refractivity contribution in [2.45, 2.75) is 31.5 Å². The molecule has 1 aliphatic heterocycles. The van der Waals surface area contributed by atoms with Crippen molar-refractivity contribution in [2.75, 3.05) is 7.05 Å². The van der Waals surface area contributed by atoms with Gasteiger partial charge in [0.1, 0.15) is 6.04 Å². The van der Waals surface area contributed by atoms with Crippen LogP contribution in [0.5, 0.6) is 0 Å². The predicted octanol–water partition coefficient (Wildman–Crippen LogP) is 1.51. The van der Waals surface area contributed by atoms with Crippen molar-refractivity contribution in [3.05, 3.63) is 11.3 Å². The van der Waals surface area contributed by atoms with Gasteiger partial charge in [-0.15, -0.1) is 0 Å². The molecule has 0 amide bonds. The molecule has 0 radical (unpaired) electrons. The Balaban J connectivity index is 2.22. The van der Waals surface area contributed by atoms with Gasteiger partial charge in [0, 0.05) is 12.7 Å². The third-order valence-electron chi connectivity index (χ3n) is 3.32. The highest BCUT2D eigenvalue weighted by Gasteiger charge is 2.46. The average Bonchev–Trinajstić information content (AvgIpc) is 2.50. The van der Waals surface area contributed by atoms with Gasteiger partial charge in [0.25, 0.3) is 0 Å². The minimum atomic E-state index is -4.25. The van der Waals surface area contributed by atoms with E-state index < -0.39 is 24.1 Å². The van der Waals surface area contributed by atoms with E-state index in [1.54, 1.807) is 0 Å². The smallest absolute Gasteiger partial charge is 0.392 e. The molecule has 4 nitrogen and oxygen atoms in total. The molecule has 0 spiro atoms. The quantitative estimate of drug-likeness (QED) is 0.740. The number of allylic oxidation sites excluding steroid dienone is 1. The van der Waals surface area contributed by atoms with Gasteiger partial charge in [-0.2, -0.15) is 13.2 Å². The standard InChI is InChI=1S/C10H13F3N2O2/c1-15-8(9(16)17)6-4-5(10(11,12)13)2-3-7(6)14-15/h5,8,14H,2-4H2,1H3,(H,16,17). The maximum Gasteiger partial charge on any atom is 0.392 e. The molecule has 7 heteroatoms. The molecular formula is C10H13F3N2O2. The van der Waals surface area contributed by atoms with Gasteiger partial charge in [0.2, 0.25) is 0 Å². The third kappa shape index (κ3) is 2.11. The van der Waals surface area contributed by atoms with E-state index in [0.29, 0.717) is 11.3 Å². The van der Waals surface area contributed by atoms with Crippen LogP contribution in [0.25, 0.3) is 0 Å². The van der Waals surface area contributed by atoms with Crippen molar-refractivity contribution in [1.82, 2.24) is 10.4 Å². The van der Waals surface area contributed by atoms with Gasteiger partial charge >= 0.3 is 12.1 Å². The maximum atomic E-state index is 12.6. The molecule has 2 unspecified atom stereocenters. The highest BCUT2D eigenvalue weighted by molar-refractivity contribution is 5.78. The summed E-state index contributed by atoms with van der Waals surface area (Å²) >= 11 is 0. The summed E-state index contributed by atoms with van der Waals surface area (Å²) in [4.78, 5) is 11.0. The third-order valence-corrected chi connectivity index (χ3v) is 3.32. The van der Waals surface area contributed by atoms with Gasteiger partial charge in [-0.3, -0.25) is 4.79 Å². The fourth-order valence-corrected chi connectivity index (χ4v) is 2.48. The Morgan fingerprint density at radius 3 is 2.71 bits per heavy atom. The monoisotopic (exact) mass is 250 g/mol. The zero-order chi connectivity index (χ0) is 12.8. The second-order valence-electron chi connectivity index (χ2n) is 4.45. The molecule has 17 heavy (non-hydrogen) atoms. The second kappa shape index (κ2) is 3.90. The second-order valence-corrected chi connectivity index (χ2v) is 4.45. The zero-order valence-corrected chi connectivity index (χ0v) is 9.21. The van der Waals surface area contributed by atoms with Crippen LogP contribution in [0.15, 0.2) is 11.3 Å². The molecule has 96 valence electrons. The lowest BCUT2D eigenvalue weighted by Crippen LogP contribution is -2.40. The molecule has 2 rings (SSSR count). The fraction of sp³-hybridized carbons (Fsp3) is 0.700. The number of nitrogens with zero attached hydrogens (tertiary/aromatic N) is 1. The van der Waals surface area contributed by atoms with Crippen molar-refractivity contribution in [3.8, 4) is 0 Å². The molecule has 0 bridgehead atoms. The molecule has 0 aromatic rings. The Labute approximate surface area is 96.1 Å². The predicted molar refractivity (Wildman–Crippen MR) is 52.7 cm³/mol. The van der Waals surface area contributed by atoms with Gasteiger partial charge in [0.05, 0.1) is 5.92 Å². The number of hydrazine groups is 1. The number of carbonyl (C=O) groups is 1. The summed E-state index contributed by atoms with van der Waals surface area (Å²) in [6.45, 7) is 0. The number of halogens is 3. The van der Waals surface area contributed by atoms with E-state index in [2.05, 4.69) is 5.43 Å². The number of alkyl halides is 3. The Bertz CT molecular complexity index is 378. The Kier molecular flexibility index (Phi) is 2.81. The topological polar surface area (TPSA) is 52.6 Å². The summed E-state index contributed by atoms with van der Waals surface area (Å²) in [5.41, 5.74) is 3.83. The summed E-state index contributed by atoms with van der Waals surface area (Å²) in [6, 6.07) is -0.977. The van der Waals surface area contributed by atoms with Crippen LogP contribution < -0.4 is 5.43 Å². The van der Waals surface area contributed by atoms with Crippen LogP contribution in [0.2, 0.25) is 0 Å². The van der Waals surface area contributed by atoms with Crippen LogP contribution in [-0.4, -0.2) is 35.4 Å². The Morgan fingerprint density at radius 1 is 1.53 bits per heavy atom.